The molecular weight excluding hydrogens is 424 g/mol. The van der Waals surface area contributed by atoms with Crippen LogP contribution in [-0.4, -0.2) is 70.0 Å². The van der Waals surface area contributed by atoms with Crippen LogP contribution < -0.4 is 10.2 Å². The first-order chi connectivity index (χ1) is 15.6. The Kier molecular flexibility index (Phi) is 7.06. The number of carbonyl (C=O) groups excluding carboxylic acids is 2. The van der Waals surface area contributed by atoms with Crippen LogP contribution in [0.4, 0.5) is 5.69 Å². The van der Waals surface area contributed by atoms with E-state index in [-0.39, 0.29) is 24.1 Å². The largest absolute Gasteiger partial charge is 0.368 e. The van der Waals surface area contributed by atoms with E-state index < -0.39 is 0 Å². The third kappa shape index (κ3) is 5.47. The average molecular weight is 451 g/mol. The van der Waals surface area contributed by atoms with Crippen molar-refractivity contribution in [3.8, 4) is 5.69 Å². The minimum atomic E-state index is -0.204. The van der Waals surface area contributed by atoms with E-state index in [1.54, 1.807) is 11.2 Å². The summed E-state index contributed by atoms with van der Waals surface area (Å²) in [7, 11) is 0. The molecule has 0 aliphatic carbocycles. The SMILES string of the molecule is Cc1ccc(-n2cnnc2SCC(=O)NCC(=O)N2CCN(c3ccccc3)CC2)cc1. The monoisotopic (exact) mass is 450 g/mol. The molecule has 1 saturated heterocycles. The summed E-state index contributed by atoms with van der Waals surface area (Å²) in [6.07, 6.45) is 1.63. The number of hydrogen-bond donors (Lipinski definition) is 1. The van der Waals surface area contributed by atoms with Gasteiger partial charge in [-0.2, -0.15) is 0 Å². The van der Waals surface area contributed by atoms with Gasteiger partial charge in [0.2, 0.25) is 11.8 Å². The number of amides is 2. The van der Waals surface area contributed by atoms with Crippen molar-refractivity contribution in [2.45, 2.75) is 12.1 Å². The lowest BCUT2D eigenvalue weighted by Gasteiger charge is -2.36. The van der Waals surface area contributed by atoms with Gasteiger partial charge in [0.25, 0.3) is 0 Å². The lowest BCUT2D eigenvalue weighted by molar-refractivity contribution is -0.132. The van der Waals surface area contributed by atoms with Gasteiger partial charge in [-0.3, -0.25) is 14.2 Å². The Bertz CT molecular complexity index is 1050. The van der Waals surface area contributed by atoms with Gasteiger partial charge in [0.1, 0.15) is 6.33 Å². The molecule has 0 radical (unpaired) electrons. The van der Waals surface area contributed by atoms with E-state index in [1.807, 2.05) is 54.0 Å². The normalized spacial score (nSPS) is 13.8. The van der Waals surface area contributed by atoms with Crippen LogP contribution in [0.5, 0.6) is 0 Å². The molecule has 9 heteroatoms. The quantitative estimate of drug-likeness (QED) is 0.556. The smallest absolute Gasteiger partial charge is 0.242 e. The number of anilines is 1. The van der Waals surface area contributed by atoms with Crippen LogP contribution in [0.15, 0.2) is 66.1 Å². The highest BCUT2D eigenvalue weighted by molar-refractivity contribution is 7.99. The number of piperazine rings is 1. The third-order valence-electron chi connectivity index (χ3n) is 5.35. The number of aromatic nitrogens is 3. The van der Waals surface area contributed by atoms with Crippen LogP contribution in [0.2, 0.25) is 0 Å². The number of thioether (sulfide) groups is 1. The second-order valence-corrected chi connectivity index (χ2v) is 8.53. The van der Waals surface area contributed by atoms with Crippen molar-refractivity contribution in [2.24, 2.45) is 0 Å². The molecule has 32 heavy (non-hydrogen) atoms. The summed E-state index contributed by atoms with van der Waals surface area (Å²) < 4.78 is 1.84. The van der Waals surface area contributed by atoms with Gasteiger partial charge >= 0.3 is 0 Å². The van der Waals surface area contributed by atoms with E-state index >= 15 is 0 Å². The van der Waals surface area contributed by atoms with E-state index in [1.165, 1.54) is 23.0 Å². The number of para-hydroxylation sites is 1. The highest BCUT2D eigenvalue weighted by Gasteiger charge is 2.21. The Morgan fingerprint density at radius 2 is 1.69 bits per heavy atom. The maximum absolute atomic E-state index is 12.5. The summed E-state index contributed by atoms with van der Waals surface area (Å²) in [5, 5.41) is 11.4. The van der Waals surface area contributed by atoms with Crippen LogP contribution in [-0.2, 0) is 9.59 Å². The molecule has 2 aromatic carbocycles. The van der Waals surface area contributed by atoms with E-state index in [9.17, 15) is 9.59 Å². The van der Waals surface area contributed by atoms with Crippen molar-refractivity contribution in [1.29, 1.82) is 0 Å². The molecular formula is C23H26N6O2S. The number of rotatable bonds is 7. The molecule has 1 N–H and O–H groups in total. The van der Waals surface area contributed by atoms with Gasteiger partial charge < -0.3 is 15.1 Å². The Hall–Kier alpha value is -3.33. The van der Waals surface area contributed by atoms with Gasteiger partial charge in [-0.25, -0.2) is 0 Å². The molecule has 1 fully saturated rings. The summed E-state index contributed by atoms with van der Waals surface area (Å²) in [6.45, 7) is 4.91. The first-order valence-corrected chi connectivity index (χ1v) is 11.5. The van der Waals surface area contributed by atoms with E-state index in [0.29, 0.717) is 18.2 Å². The van der Waals surface area contributed by atoms with Gasteiger partial charge in [-0.05, 0) is 31.2 Å². The topological polar surface area (TPSA) is 83.4 Å². The zero-order valence-electron chi connectivity index (χ0n) is 18.0. The molecule has 0 bridgehead atoms. The highest BCUT2D eigenvalue weighted by Crippen LogP contribution is 2.19. The summed E-state index contributed by atoms with van der Waals surface area (Å²) in [5.74, 6) is -0.0943. The van der Waals surface area contributed by atoms with Crippen molar-refractivity contribution in [2.75, 3.05) is 43.4 Å². The first-order valence-electron chi connectivity index (χ1n) is 10.5. The van der Waals surface area contributed by atoms with Gasteiger partial charge in [0, 0.05) is 37.6 Å². The number of carbonyl (C=O) groups is 2. The van der Waals surface area contributed by atoms with Gasteiger partial charge in [0.05, 0.1) is 12.3 Å². The molecule has 4 rings (SSSR count). The van der Waals surface area contributed by atoms with Gasteiger partial charge in [-0.1, -0.05) is 47.7 Å². The van der Waals surface area contributed by atoms with Gasteiger partial charge in [-0.15, -0.1) is 10.2 Å². The van der Waals surface area contributed by atoms with Crippen molar-refractivity contribution >= 4 is 29.3 Å². The predicted octanol–water partition coefficient (Wildman–Crippen LogP) is 2.13. The van der Waals surface area contributed by atoms with Crippen LogP contribution in [0, 0.1) is 6.92 Å². The fourth-order valence-corrected chi connectivity index (χ4v) is 4.28. The maximum Gasteiger partial charge on any atom is 0.242 e. The fourth-order valence-electron chi connectivity index (χ4n) is 3.53. The van der Waals surface area contributed by atoms with Crippen molar-refractivity contribution in [3.05, 3.63) is 66.5 Å². The van der Waals surface area contributed by atoms with E-state index in [4.69, 9.17) is 0 Å². The number of nitrogens with one attached hydrogen (secondary N) is 1. The van der Waals surface area contributed by atoms with Crippen molar-refractivity contribution < 1.29 is 9.59 Å². The second-order valence-electron chi connectivity index (χ2n) is 7.59. The summed E-state index contributed by atoms with van der Waals surface area (Å²) in [5.41, 5.74) is 3.28. The zero-order chi connectivity index (χ0) is 22.3. The lowest BCUT2D eigenvalue weighted by atomic mass is 10.2. The minimum absolute atomic E-state index is 0.00931. The molecule has 2 heterocycles. The molecule has 3 aromatic rings. The van der Waals surface area contributed by atoms with Crippen LogP contribution in [0.1, 0.15) is 5.56 Å². The molecule has 0 unspecified atom stereocenters. The Balaban J connectivity index is 1.21. The zero-order valence-corrected chi connectivity index (χ0v) is 18.8. The Labute approximate surface area is 191 Å². The summed E-state index contributed by atoms with van der Waals surface area (Å²) in [6, 6.07) is 18.2. The molecule has 0 atom stereocenters. The van der Waals surface area contributed by atoms with Crippen molar-refractivity contribution in [1.82, 2.24) is 25.0 Å². The first kappa shape index (κ1) is 21.9. The third-order valence-corrected chi connectivity index (χ3v) is 6.29. The number of hydrogen-bond acceptors (Lipinski definition) is 6. The Morgan fingerprint density at radius 1 is 0.969 bits per heavy atom. The van der Waals surface area contributed by atoms with Crippen molar-refractivity contribution in [3.63, 3.8) is 0 Å². The standard InChI is InChI=1S/C23H26N6O2S/c1-18-7-9-20(10-8-18)29-17-25-26-23(29)32-16-21(30)24-15-22(31)28-13-11-27(12-14-28)19-5-3-2-4-6-19/h2-10,17H,11-16H2,1H3,(H,24,30). The summed E-state index contributed by atoms with van der Waals surface area (Å²) in [4.78, 5) is 28.9. The number of benzene rings is 2. The number of nitrogens with zero attached hydrogens (tertiary/aromatic N) is 5. The maximum atomic E-state index is 12.5. The second kappa shape index (κ2) is 10.3. The number of aryl methyl sites for hydroxylation is 1. The van der Waals surface area contributed by atoms with E-state index in [0.717, 1.165) is 18.8 Å². The molecule has 1 aliphatic heterocycles. The van der Waals surface area contributed by atoms with Crippen LogP contribution in [0.25, 0.3) is 5.69 Å². The summed E-state index contributed by atoms with van der Waals surface area (Å²) >= 11 is 1.29. The fraction of sp³-hybridized carbons (Fsp3) is 0.304. The lowest BCUT2D eigenvalue weighted by Crippen LogP contribution is -2.51. The molecule has 0 spiro atoms. The van der Waals surface area contributed by atoms with Crippen LogP contribution >= 0.6 is 11.8 Å². The molecule has 2 amide bonds. The molecule has 166 valence electrons. The minimum Gasteiger partial charge on any atom is -0.368 e. The molecule has 0 saturated carbocycles. The molecule has 8 nitrogen and oxygen atoms in total. The van der Waals surface area contributed by atoms with E-state index in [2.05, 4.69) is 32.5 Å². The highest BCUT2D eigenvalue weighted by atomic mass is 32.2. The van der Waals surface area contributed by atoms with Gasteiger partial charge in [0.15, 0.2) is 5.16 Å². The average Bonchev–Trinajstić information content (AvgIpc) is 3.31. The van der Waals surface area contributed by atoms with Crippen LogP contribution in [0.3, 0.4) is 0 Å². The molecule has 1 aromatic heterocycles. The predicted molar refractivity (Wildman–Crippen MR) is 125 cm³/mol. The Morgan fingerprint density at radius 3 is 2.41 bits per heavy atom. The molecule has 1 aliphatic rings.